The molecule has 0 aliphatic heterocycles. The minimum absolute atomic E-state index is 0.635. The van der Waals surface area contributed by atoms with Crippen LogP contribution in [-0.2, 0) is 6.54 Å². The van der Waals surface area contributed by atoms with Gasteiger partial charge in [0.2, 0.25) is 0 Å². The number of methoxy groups -OCH3 is 1. The van der Waals surface area contributed by atoms with E-state index in [0.717, 1.165) is 23.3 Å². The van der Waals surface area contributed by atoms with Crippen LogP contribution < -0.4 is 10.1 Å². The number of hydrogen-bond acceptors (Lipinski definition) is 3. The predicted molar refractivity (Wildman–Crippen MR) is 89.4 cm³/mol. The zero-order valence-corrected chi connectivity index (χ0v) is 14.7. The molecule has 0 aromatic heterocycles. The maximum absolute atomic E-state index is 5.25. The second kappa shape index (κ2) is 9.37. The quantitative estimate of drug-likeness (QED) is 0.693. The van der Waals surface area contributed by atoms with E-state index in [1.807, 2.05) is 12.1 Å². The van der Waals surface area contributed by atoms with Crippen LogP contribution in [0.25, 0.3) is 0 Å². The number of benzene rings is 1. The number of rotatable bonds is 9. The Morgan fingerprint density at radius 2 is 2.05 bits per heavy atom. The summed E-state index contributed by atoms with van der Waals surface area (Å²) in [4.78, 5) is 2.39. The Hall–Kier alpha value is -0.580. The second-order valence-electron chi connectivity index (χ2n) is 5.42. The molecule has 0 amide bonds. The van der Waals surface area contributed by atoms with Gasteiger partial charge in [-0.1, -0.05) is 15.9 Å². The van der Waals surface area contributed by atoms with E-state index in [0.29, 0.717) is 6.04 Å². The van der Waals surface area contributed by atoms with Crippen LogP contribution in [0.1, 0.15) is 32.3 Å². The van der Waals surface area contributed by atoms with Crippen LogP contribution in [-0.4, -0.2) is 38.2 Å². The summed E-state index contributed by atoms with van der Waals surface area (Å²) in [6.45, 7) is 7.56. The van der Waals surface area contributed by atoms with Gasteiger partial charge >= 0.3 is 0 Å². The molecule has 1 N–H and O–H groups in total. The summed E-state index contributed by atoms with van der Waals surface area (Å²) in [6.07, 6.45) is 2.44. The van der Waals surface area contributed by atoms with Gasteiger partial charge in [0.05, 0.1) is 7.11 Å². The number of nitrogens with zero attached hydrogens (tertiary/aromatic N) is 1. The third-order valence-corrected chi connectivity index (χ3v) is 4.34. The van der Waals surface area contributed by atoms with Crippen LogP contribution >= 0.6 is 15.9 Å². The highest BCUT2D eigenvalue weighted by molar-refractivity contribution is 9.10. The maximum atomic E-state index is 5.25. The lowest BCUT2D eigenvalue weighted by Gasteiger charge is -2.20. The molecule has 1 rings (SSSR count). The molecule has 1 aromatic rings. The predicted octanol–water partition coefficient (Wildman–Crippen LogP) is 3.67. The Kier molecular flexibility index (Phi) is 8.19. The van der Waals surface area contributed by atoms with Crippen molar-refractivity contribution in [1.29, 1.82) is 0 Å². The van der Waals surface area contributed by atoms with Crippen molar-refractivity contribution in [3.05, 3.63) is 28.2 Å². The maximum Gasteiger partial charge on any atom is 0.119 e. The van der Waals surface area contributed by atoms with E-state index in [-0.39, 0.29) is 0 Å². The molecule has 0 bridgehead atoms. The molecule has 0 fully saturated rings. The minimum Gasteiger partial charge on any atom is -0.497 e. The molecular weight excluding hydrogens is 316 g/mol. The first-order valence-electron chi connectivity index (χ1n) is 7.28. The molecule has 0 saturated heterocycles. The number of nitrogens with one attached hydrogen (secondary N) is 1. The standard InChI is InChI=1S/C16H27BrN2O/c1-13(2)19(3)10-6-5-9-18-12-14-11-15(20-4)7-8-16(14)17/h7-8,11,13,18H,5-6,9-10,12H2,1-4H3. The molecule has 0 radical (unpaired) electrons. The summed E-state index contributed by atoms with van der Waals surface area (Å²) in [5.41, 5.74) is 1.24. The highest BCUT2D eigenvalue weighted by Gasteiger charge is 2.03. The lowest BCUT2D eigenvalue weighted by atomic mass is 10.2. The third-order valence-electron chi connectivity index (χ3n) is 3.56. The van der Waals surface area contributed by atoms with E-state index in [1.54, 1.807) is 7.11 Å². The summed E-state index contributed by atoms with van der Waals surface area (Å²) in [7, 11) is 3.89. The molecule has 0 aliphatic carbocycles. The molecule has 20 heavy (non-hydrogen) atoms. The first kappa shape index (κ1) is 17.5. The van der Waals surface area contributed by atoms with E-state index < -0.39 is 0 Å². The zero-order valence-electron chi connectivity index (χ0n) is 13.1. The number of unbranched alkanes of at least 4 members (excludes halogenated alkanes) is 1. The van der Waals surface area contributed by atoms with Gasteiger partial charge in [-0.25, -0.2) is 0 Å². The Labute approximate surface area is 131 Å². The molecule has 0 aliphatic rings. The fourth-order valence-electron chi connectivity index (χ4n) is 1.91. The Morgan fingerprint density at radius 3 is 2.70 bits per heavy atom. The van der Waals surface area contributed by atoms with E-state index in [4.69, 9.17) is 4.74 Å². The Morgan fingerprint density at radius 1 is 1.30 bits per heavy atom. The van der Waals surface area contributed by atoms with Crippen molar-refractivity contribution in [3.8, 4) is 5.75 Å². The third kappa shape index (κ3) is 6.25. The van der Waals surface area contributed by atoms with Crippen molar-refractivity contribution in [2.75, 3.05) is 27.2 Å². The summed E-state index contributed by atoms with van der Waals surface area (Å²) in [6, 6.07) is 6.71. The molecule has 0 heterocycles. The fraction of sp³-hybridized carbons (Fsp3) is 0.625. The topological polar surface area (TPSA) is 24.5 Å². The Bertz CT molecular complexity index is 396. The molecule has 0 saturated carbocycles. The second-order valence-corrected chi connectivity index (χ2v) is 6.27. The minimum atomic E-state index is 0.635. The largest absolute Gasteiger partial charge is 0.497 e. The molecule has 4 heteroatoms. The van der Waals surface area contributed by atoms with Crippen LogP contribution in [0.4, 0.5) is 0 Å². The first-order chi connectivity index (χ1) is 9.54. The molecule has 0 atom stereocenters. The van der Waals surface area contributed by atoms with Crippen molar-refractivity contribution in [2.45, 2.75) is 39.3 Å². The van der Waals surface area contributed by atoms with Gasteiger partial charge in [-0.05, 0) is 70.6 Å². The van der Waals surface area contributed by atoms with Crippen LogP contribution in [0.5, 0.6) is 5.75 Å². The molecule has 0 spiro atoms. The van der Waals surface area contributed by atoms with Gasteiger partial charge in [-0.3, -0.25) is 0 Å². The average molecular weight is 343 g/mol. The van der Waals surface area contributed by atoms with Crippen molar-refractivity contribution in [2.24, 2.45) is 0 Å². The van der Waals surface area contributed by atoms with Crippen LogP contribution in [0.15, 0.2) is 22.7 Å². The summed E-state index contributed by atoms with van der Waals surface area (Å²) < 4.78 is 6.38. The number of halogens is 1. The summed E-state index contributed by atoms with van der Waals surface area (Å²) >= 11 is 3.58. The van der Waals surface area contributed by atoms with Gasteiger partial charge < -0.3 is 15.0 Å². The molecule has 3 nitrogen and oxygen atoms in total. The van der Waals surface area contributed by atoms with E-state index in [1.165, 1.54) is 24.9 Å². The van der Waals surface area contributed by atoms with E-state index >= 15 is 0 Å². The normalized spacial score (nSPS) is 11.3. The van der Waals surface area contributed by atoms with E-state index in [2.05, 4.69) is 53.1 Å². The van der Waals surface area contributed by atoms with Gasteiger partial charge in [-0.2, -0.15) is 0 Å². The highest BCUT2D eigenvalue weighted by Crippen LogP contribution is 2.22. The van der Waals surface area contributed by atoms with Crippen molar-refractivity contribution >= 4 is 15.9 Å². The summed E-state index contributed by atoms with van der Waals surface area (Å²) in [5, 5.41) is 3.49. The van der Waals surface area contributed by atoms with Gasteiger partial charge in [0.1, 0.15) is 5.75 Å². The number of hydrogen-bond donors (Lipinski definition) is 1. The van der Waals surface area contributed by atoms with Gasteiger partial charge in [0.25, 0.3) is 0 Å². The lowest BCUT2D eigenvalue weighted by molar-refractivity contribution is 0.268. The summed E-state index contributed by atoms with van der Waals surface area (Å²) in [5.74, 6) is 0.906. The smallest absolute Gasteiger partial charge is 0.119 e. The lowest BCUT2D eigenvalue weighted by Crippen LogP contribution is -2.27. The van der Waals surface area contributed by atoms with Gasteiger partial charge in [0, 0.05) is 17.1 Å². The van der Waals surface area contributed by atoms with Gasteiger partial charge in [0.15, 0.2) is 0 Å². The zero-order chi connectivity index (χ0) is 15.0. The van der Waals surface area contributed by atoms with Crippen LogP contribution in [0, 0.1) is 0 Å². The fourth-order valence-corrected chi connectivity index (χ4v) is 2.29. The SMILES string of the molecule is COc1ccc(Br)c(CNCCCCN(C)C(C)C)c1. The van der Waals surface area contributed by atoms with Gasteiger partial charge in [-0.15, -0.1) is 0 Å². The first-order valence-corrected chi connectivity index (χ1v) is 8.07. The van der Waals surface area contributed by atoms with Crippen LogP contribution in [0.2, 0.25) is 0 Å². The van der Waals surface area contributed by atoms with Crippen molar-refractivity contribution in [1.82, 2.24) is 10.2 Å². The Balaban J connectivity index is 2.21. The highest BCUT2D eigenvalue weighted by atomic mass is 79.9. The average Bonchev–Trinajstić information content (AvgIpc) is 2.43. The molecular formula is C16H27BrN2O. The van der Waals surface area contributed by atoms with E-state index in [9.17, 15) is 0 Å². The molecule has 1 aromatic carbocycles. The molecule has 0 unspecified atom stereocenters. The number of ether oxygens (including phenoxy) is 1. The van der Waals surface area contributed by atoms with Crippen molar-refractivity contribution < 1.29 is 4.74 Å². The van der Waals surface area contributed by atoms with Crippen molar-refractivity contribution in [3.63, 3.8) is 0 Å². The van der Waals surface area contributed by atoms with Crippen LogP contribution in [0.3, 0.4) is 0 Å². The molecule has 114 valence electrons. The monoisotopic (exact) mass is 342 g/mol.